The number of fused-ring (bicyclic) bond motifs is 1. The highest BCUT2D eigenvalue weighted by Crippen LogP contribution is 2.57. The van der Waals surface area contributed by atoms with Crippen molar-refractivity contribution >= 4 is 44.2 Å². The van der Waals surface area contributed by atoms with E-state index in [4.69, 9.17) is 30.6 Å². The van der Waals surface area contributed by atoms with Gasteiger partial charge in [0.05, 0.1) is 19.5 Å². The molecule has 2 N–H and O–H groups in total. The fourth-order valence-corrected chi connectivity index (χ4v) is 4.36. The zero-order valence-electron chi connectivity index (χ0n) is 19.5. The first-order valence-corrected chi connectivity index (χ1v) is 12.4. The molecule has 13 nitrogen and oxygen atoms in total. The van der Waals surface area contributed by atoms with E-state index in [1.165, 1.54) is 26.7 Å². The molecule has 1 aliphatic rings. The number of rotatable bonds is 10. The van der Waals surface area contributed by atoms with Crippen molar-refractivity contribution in [3.63, 3.8) is 0 Å². The molecule has 1 aliphatic heterocycles. The molecule has 1 amide bonds. The highest BCUT2D eigenvalue weighted by Gasteiger charge is 2.42. The lowest BCUT2D eigenvalue weighted by molar-refractivity contribution is -0.148. The van der Waals surface area contributed by atoms with Crippen LogP contribution in [0.15, 0.2) is 43.0 Å². The number of carbonyl (C=O) groups is 2. The number of nitrogens with one attached hydrogen (secondary N) is 1. The molecule has 3 heterocycles. The summed E-state index contributed by atoms with van der Waals surface area (Å²) in [5.41, 5.74) is 1.16. The fourth-order valence-electron chi connectivity index (χ4n) is 3.50. The van der Waals surface area contributed by atoms with Crippen molar-refractivity contribution in [3.05, 3.63) is 48.5 Å². The number of anilines is 1. The number of benzene rings is 1. The van der Waals surface area contributed by atoms with Crippen LogP contribution in [0.1, 0.15) is 29.9 Å². The molecule has 1 saturated heterocycles. The van der Waals surface area contributed by atoms with E-state index in [0.29, 0.717) is 16.7 Å². The van der Waals surface area contributed by atoms with E-state index < -0.39 is 39.0 Å². The van der Waals surface area contributed by atoms with Crippen LogP contribution in [0.3, 0.4) is 0 Å². The summed E-state index contributed by atoms with van der Waals surface area (Å²) in [7, 11) is 4.01. The number of esters is 1. The normalized spacial score (nSPS) is 21.2. The van der Waals surface area contributed by atoms with Gasteiger partial charge >= 0.3 is 21.4 Å². The van der Waals surface area contributed by atoms with Gasteiger partial charge in [-0.25, -0.2) is 15.0 Å². The number of aliphatic hydroxyl groups excluding tert-OH is 1. The van der Waals surface area contributed by atoms with Gasteiger partial charge in [0.1, 0.15) is 19.0 Å². The third-order valence-corrected chi connectivity index (χ3v) is 6.74. The summed E-state index contributed by atoms with van der Waals surface area (Å²) in [4.78, 5) is 36.2. The molecule has 1 aromatic carbocycles. The second-order valence-electron chi connectivity index (χ2n) is 7.72. The average molecular weight is 516 g/mol. The van der Waals surface area contributed by atoms with Gasteiger partial charge in [0.15, 0.2) is 23.2 Å². The van der Waals surface area contributed by atoms with Crippen molar-refractivity contribution in [3.8, 4) is 0 Å². The number of ether oxygens (including phenoxy) is 2. The van der Waals surface area contributed by atoms with Crippen LogP contribution >= 0.6 is 7.82 Å². The molecule has 188 valence electrons. The minimum absolute atomic E-state index is 0.0499. The Kier molecular flexibility index (Phi) is 8.24. The summed E-state index contributed by atoms with van der Waals surface area (Å²) >= 11 is 0. The molecule has 0 bridgehead atoms. The Labute approximate surface area is 208 Å². The number of imidazole rings is 1. The summed E-state index contributed by atoms with van der Waals surface area (Å²) in [6.45, 7) is 0.756. The van der Waals surface area contributed by atoms with Gasteiger partial charge in [0, 0.05) is 18.9 Å². The number of aliphatic hydroxyl groups is 1. The Balaban J connectivity index is 1.43. The van der Waals surface area contributed by atoms with E-state index in [0.717, 1.165) is 0 Å². The molecule has 4 atom stereocenters. The Bertz CT molecular complexity index is 1220. The van der Waals surface area contributed by atoms with Crippen LogP contribution in [0.2, 0.25) is 0 Å². The highest BCUT2D eigenvalue weighted by molar-refractivity contribution is 7.85. The predicted octanol–water partition coefficient (Wildman–Crippen LogP) is 1.77. The fraction of sp³-hybridized carbons (Fsp3) is 0.381. The first kappa shape index (κ1) is 26.1. The van der Waals surface area contributed by atoms with Crippen LogP contribution in [0.4, 0.5) is 5.82 Å². The van der Waals surface area contributed by atoms with Gasteiger partial charge in [-0.05, 0) is 12.1 Å². The molecule has 4 rings (SSSR count). The lowest BCUT2D eigenvalue weighted by Gasteiger charge is -2.20. The highest BCUT2D eigenvalue weighted by atomic mass is 31.2. The maximum Gasteiger partial charge on any atom is 0.488 e. The Morgan fingerprint density at radius 2 is 2.03 bits per heavy atom. The number of aromatic nitrogens is 4. The van der Waals surface area contributed by atoms with E-state index in [9.17, 15) is 14.7 Å². The molecule has 1 fully saturated rings. The van der Waals surface area contributed by atoms with Gasteiger partial charge in [0.2, 0.25) is 6.79 Å². The molecule has 0 saturated carbocycles. The standard InChI is InChI=1S/C21H24BN5O8P/c1-13(28)32-12-34-36(22,31-2)33-9-15-8-16(29)21(35-15)27-11-25-17-18(23-10-24-19(17)27)26-20(30)14-6-4-3-5-7-14/h3-7,10-11,15-16,21,29H,8-9,12H2,1-2H3,(H,23,24,26,30)/q+1/t15-,16-,21+,36?/m0/s1. The molecule has 1 unspecified atom stereocenters. The Morgan fingerprint density at radius 1 is 1.25 bits per heavy atom. The summed E-state index contributed by atoms with van der Waals surface area (Å²) in [5.74, 6) is -0.660. The summed E-state index contributed by atoms with van der Waals surface area (Å²) < 4.78 is 28.1. The lowest BCUT2D eigenvalue weighted by atomic mass is 10.2. The van der Waals surface area contributed by atoms with Gasteiger partial charge in [-0.3, -0.25) is 14.2 Å². The summed E-state index contributed by atoms with van der Waals surface area (Å²) in [6.07, 6.45) is 0.661. The zero-order valence-corrected chi connectivity index (χ0v) is 20.4. The summed E-state index contributed by atoms with van der Waals surface area (Å²) in [6, 6.07) is 8.69. The second kappa shape index (κ2) is 11.4. The Morgan fingerprint density at radius 3 is 2.75 bits per heavy atom. The van der Waals surface area contributed by atoms with E-state index in [1.807, 2.05) is 6.07 Å². The van der Waals surface area contributed by atoms with Crippen LogP contribution in [0.5, 0.6) is 0 Å². The molecule has 0 spiro atoms. The monoisotopic (exact) mass is 516 g/mol. The minimum Gasteiger partial charge on any atom is -0.434 e. The minimum atomic E-state index is -3.26. The van der Waals surface area contributed by atoms with Crippen molar-refractivity contribution < 1.29 is 37.7 Å². The topological polar surface area (TPSA) is 156 Å². The van der Waals surface area contributed by atoms with Crippen LogP contribution in [0, 0.1) is 0 Å². The molecule has 2 aromatic heterocycles. The zero-order chi connectivity index (χ0) is 25.7. The van der Waals surface area contributed by atoms with Crippen molar-refractivity contribution in [2.75, 3.05) is 25.8 Å². The first-order chi connectivity index (χ1) is 17.3. The van der Waals surface area contributed by atoms with Gasteiger partial charge in [0.25, 0.3) is 5.91 Å². The number of amides is 1. The number of hydrogen-bond acceptors (Lipinski definition) is 11. The lowest BCUT2D eigenvalue weighted by Crippen LogP contribution is -2.20. The second-order valence-corrected chi connectivity index (χ2v) is 9.68. The van der Waals surface area contributed by atoms with Gasteiger partial charge in [-0.2, -0.15) is 13.6 Å². The SMILES string of the molecule is [B][P+](OC)(OCOC(C)=O)OC[C@@H]1C[C@H](O)[C@H](n2cnc3c(NC(=O)c4ccccc4)ncnc32)O1. The van der Waals surface area contributed by atoms with Crippen LogP contribution in [-0.4, -0.2) is 76.8 Å². The van der Waals surface area contributed by atoms with E-state index in [-0.39, 0.29) is 24.8 Å². The van der Waals surface area contributed by atoms with E-state index in [2.05, 4.69) is 20.3 Å². The van der Waals surface area contributed by atoms with Crippen molar-refractivity contribution in [1.29, 1.82) is 0 Å². The van der Waals surface area contributed by atoms with Crippen molar-refractivity contribution in [2.45, 2.75) is 31.8 Å². The molecular weight excluding hydrogens is 492 g/mol. The van der Waals surface area contributed by atoms with Gasteiger partial charge in [-0.15, -0.1) is 0 Å². The molecule has 3 aromatic rings. The molecule has 15 heteroatoms. The maximum atomic E-state index is 12.6. The van der Waals surface area contributed by atoms with Crippen molar-refractivity contribution in [2.24, 2.45) is 0 Å². The van der Waals surface area contributed by atoms with E-state index >= 15 is 0 Å². The average Bonchev–Trinajstić information content (AvgIpc) is 3.46. The van der Waals surface area contributed by atoms with Crippen LogP contribution in [-0.2, 0) is 27.8 Å². The van der Waals surface area contributed by atoms with Crippen LogP contribution in [0.25, 0.3) is 11.2 Å². The molecule has 36 heavy (non-hydrogen) atoms. The quantitative estimate of drug-likeness (QED) is 0.175. The number of carbonyl (C=O) groups excluding carboxylic acids is 2. The molecule has 2 radical (unpaired) electrons. The predicted molar refractivity (Wildman–Crippen MR) is 128 cm³/mol. The molecule has 0 aliphatic carbocycles. The number of nitrogens with zero attached hydrogens (tertiary/aromatic N) is 4. The summed E-state index contributed by atoms with van der Waals surface area (Å²) in [5, 5.41) is 13.4. The van der Waals surface area contributed by atoms with Gasteiger partial charge < -0.3 is 19.9 Å². The van der Waals surface area contributed by atoms with E-state index in [1.54, 1.807) is 28.8 Å². The smallest absolute Gasteiger partial charge is 0.434 e. The van der Waals surface area contributed by atoms with Gasteiger partial charge in [-0.1, -0.05) is 18.2 Å². The number of hydrogen-bond donors (Lipinski definition) is 2. The van der Waals surface area contributed by atoms with Crippen molar-refractivity contribution in [1.82, 2.24) is 19.5 Å². The molecular formula is C21H24BN5O8P+. The van der Waals surface area contributed by atoms with Crippen LogP contribution < -0.4 is 5.32 Å². The third-order valence-electron chi connectivity index (χ3n) is 5.26. The largest absolute Gasteiger partial charge is 0.488 e. The maximum absolute atomic E-state index is 12.6. The first-order valence-electron chi connectivity index (χ1n) is 10.8. The third kappa shape index (κ3) is 6.04. The Hall–Kier alpha value is -3.00.